The van der Waals surface area contributed by atoms with E-state index >= 15 is 0 Å². The van der Waals surface area contributed by atoms with Crippen molar-refractivity contribution >= 4 is 52.7 Å². The van der Waals surface area contributed by atoms with Gasteiger partial charge in [0.05, 0.1) is 7.11 Å². The van der Waals surface area contributed by atoms with Crippen molar-refractivity contribution in [3.8, 4) is 5.75 Å². The lowest BCUT2D eigenvalue weighted by Gasteiger charge is -2.38. The Morgan fingerprint density at radius 1 is 1.20 bits per heavy atom. The van der Waals surface area contributed by atoms with Crippen molar-refractivity contribution in [3.63, 3.8) is 0 Å². The van der Waals surface area contributed by atoms with Crippen LogP contribution in [0.15, 0.2) is 29.2 Å². The lowest BCUT2D eigenvalue weighted by Crippen LogP contribution is -2.48. The third kappa shape index (κ3) is 5.03. The molecule has 2 heterocycles. The Kier molecular flexibility index (Phi) is 6.19. The zero-order chi connectivity index (χ0) is 18.0. The van der Waals surface area contributed by atoms with Crippen LogP contribution in [0.1, 0.15) is 25.7 Å². The van der Waals surface area contributed by atoms with Crippen molar-refractivity contribution in [2.45, 2.75) is 51.7 Å². The molecule has 0 spiro atoms. The van der Waals surface area contributed by atoms with E-state index in [1.165, 1.54) is 4.90 Å². The second-order valence-electron chi connectivity index (χ2n) is 6.35. The molecule has 0 saturated carbocycles. The Labute approximate surface area is 167 Å². The minimum absolute atomic E-state index is 0.206. The number of thioether (sulfide) groups is 1. The quantitative estimate of drug-likeness (QED) is 0.616. The maximum Gasteiger partial charge on any atom is 0.410 e. The van der Waals surface area contributed by atoms with E-state index in [0.29, 0.717) is 5.25 Å². The van der Waals surface area contributed by atoms with E-state index in [0.717, 1.165) is 31.4 Å². The van der Waals surface area contributed by atoms with Crippen molar-refractivity contribution in [2.75, 3.05) is 13.7 Å². The van der Waals surface area contributed by atoms with Gasteiger partial charge in [0.1, 0.15) is 12.4 Å². The molecule has 2 aliphatic heterocycles. The molecule has 2 bridgehead atoms. The first-order valence-electron chi connectivity index (χ1n) is 8.18. The molecule has 1 amide bonds. The number of carbonyl (C=O) groups is 1. The predicted molar refractivity (Wildman–Crippen MR) is 102 cm³/mol. The number of alkyl halides is 3. The van der Waals surface area contributed by atoms with Crippen LogP contribution >= 0.6 is 46.6 Å². The molecule has 8 heteroatoms. The van der Waals surface area contributed by atoms with Crippen molar-refractivity contribution in [2.24, 2.45) is 0 Å². The monoisotopic (exact) mass is 423 g/mol. The summed E-state index contributed by atoms with van der Waals surface area (Å²) in [6.45, 7) is -0.226. The largest absolute Gasteiger partial charge is 0.497 e. The highest BCUT2D eigenvalue weighted by Gasteiger charge is 2.44. The fraction of sp³-hybridized carbons (Fsp3) is 0.588. The summed E-state index contributed by atoms with van der Waals surface area (Å²) in [6.07, 6.45) is 3.55. The number of amides is 1. The second kappa shape index (κ2) is 8.03. The third-order valence-corrected chi connectivity index (χ3v) is 6.21. The van der Waals surface area contributed by atoms with Crippen molar-refractivity contribution < 1.29 is 14.3 Å². The standard InChI is InChI=1S/C17H20Cl3NO3S/c1-23-13-4-6-14(7-5-13)25-15-8-11-2-3-12(9-15)21(11)16(22)24-10-17(18,19)20/h4-7,11-12,15H,2-3,8-10H2,1H3. The van der Waals surface area contributed by atoms with E-state index in [2.05, 4.69) is 12.1 Å². The van der Waals surface area contributed by atoms with Crippen molar-refractivity contribution in [1.82, 2.24) is 4.90 Å². The Bertz CT molecular complexity index is 594. The molecule has 0 N–H and O–H groups in total. The SMILES string of the molecule is COc1ccc(SC2CC3CCC(C2)N3C(=O)OCC(Cl)(Cl)Cl)cc1. The molecule has 2 saturated heterocycles. The maximum atomic E-state index is 12.3. The summed E-state index contributed by atoms with van der Waals surface area (Å²) in [6, 6.07) is 8.51. The lowest BCUT2D eigenvalue weighted by molar-refractivity contribution is 0.0724. The summed E-state index contributed by atoms with van der Waals surface area (Å²) < 4.78 is 8.80. The molecule has 2 unspecified atom stereocenters. The first-order valence-corrected chi connectivity index (χ1v) is 10.2. The fourth-order valence-electron chi connectivity index (χ4n) is 3.59. The van der Waals surface area contributed by atoms with E-state index in [1.54, 1.807) is 7.11 Å². The van der Waals surface area contributed by atoms with Crippen LogP contribution in [0.2, 0.25) is 0 Å². The van der Waals surface area contributed by atoms with Crippen LogP contribution in [0.25, 0.3) is 0 Å². The molecule has 0 aromatic heterocycles. The number of hydrogen-bond donors (Lipinski definition) is 0. The Hall–Kier alpha value is -0.490. The minimum atomic E-state index is -1.57. The van der Waals surface area contributed by atoms with Gasteiger partial charge < -0.3 is 14.4 Å². The Balaban J connectivity index is 1.57. The van der Waals surface area contributed by atoms with Crippen LogP contribution < -0.4 is 4.74 Å². The maximum absolute atomic E-state index is 12.3. The highest BCUT2D eigenvalue weighted by atomic mass is 35.6. The molecule has 1 aromatic rings. The molecule has 25 heavy (non-hydrogen) atoms. The fourth-order valence-corrected chi connectivity index (χ4v) is 5.06. The van der Waals surface area contributed by atoms with Crippen molar-refractivity contribution in [1.29, 1.82) is 0 Å². The van der Waals surface area contributed by atoms with Crippen LogP contribution in [0.3, 0.4) is 0 Å². The number of fused-ring (bicyclic) bond motifs is 2. The zero-order valence-corrected chi connectivity index (χ0v) is 16.9. The van der Waals surface area contributed by atoms with Gasteiger partial charge in [0.25, 0.3) is 0 Å². The average molecular weight is 425 g/mol. The molecule has 0 aliphatic carbocycles. The number of carbonyl (C=O) groups excluding carboxylic acids is 1. The van der Waals surface area contributed by atoms with Gasteiger partial charge in [-0.25, -0.2) is 4.79 Å². The van der Waals surface area contributed by atoms with Gasteiger partial charge in [0, 0.05) is 22.2 Å². The number of nitrogens with zero attached hydrogens (tertiary/aromatic N) is 1. The summed E-state index contributed by atoms with van der Waals surface area (Å²) in [5.41, 5.74) is 0. The second-order valence-corrected chi connectivity index (χ2v) is 10.2. The minimum Gasteiger partial charge on any atom is -0.497 e. The number of methoxy groups -OCH3 is 1. The normalized spacial score (nSPS) is 25.8. The molecular weight excluding hydrogens is 405 g/mol. The summed E-state index contributed by atoms with van der Waals surface area (Å²) in [7, 11) is 1.66. The number of hydrogen-bond acceptors (Lipinski definition) is 4. The van der Waals surface area contributed by atoms with Gasteiger partial charge >= 0.3 is 6.09 Å². The van der Waals surface area contributed by atoms with Gasteiger partial charge in [0.2, 0.25) is 3.79 Å². The predicted octanol–water partition coefficient (Wildman–Crippen LogP) is 5.29. The van der Waals surface area contributed by atoms with Crippen LogP contribution in [0, 0.1) is 0 Å². The molecule has 2 aliphatic rings. The first kappa shape index (κ1) is 19.3. The molecule has 4 nitrogen and oxygen atoms in total. The van der Waals surface area contributed by atoms with E-state index in [-0.39, 0.29) is 24.8 Å². The van der Waals surface area contributed by atoms with E-state index in [9.17, 15) is 4.79 Å². The van der Waals surface area contributed by atoms with Crippen molar-refractivity contribution in [3.05, 3.63) is 24.3 Å². The van der Waals surface area contributed by atoms with Gasteiger partial charge in [-0.2, -0.15) is 0 Å². The van der Waals surface area contributed by atoms with Crippen LogP contribution in [0.4, 0.5) is 4.79 Å². The summed E-state index contributed by atoms with van der Waals surface area (Å²) in [5, 5.41) is 0.489. The number of halogens is 3. The van der Waals surface area contributed by atoms with Gasteiger partial charge in [0.15, 0.2) is 0 Å². The Morgan fingerprint density at radius 2 is 1.80 bits per heavy atom. The van der Waals surface area contributed by atoms with E-state index in [4.69, 9.17) is 44.3 Å². The summed E-state index contributed by atoms with van der Waals surface area (Å²) >= 11 is 18.9. The third-order valence-electron chi connectivity index (χ3n) is 4.62. The van der Waals surface area contributed by atoms with Crippen LogP contribution in [0.5, 0.6) is 5.75 Å². The highest BCUT2D eigenvalue weighted by Crippen LogP contribution is 2.43. The molecule has 1 aromatic carbocycles. The lowest BCUT2D eigenvalue weighted by atomic mass is 10.0. The average Bonchev–Trinajstić information content (AvgIpc) is 2.84. The molecular formula is C17H20Cl3NO3S. The topological polar surface area (TPSA) is 38.8 Å². The summed E-state index contributed by atoms with van der Waals surface area (Å²) in [4.78, 5) is 15.4. The van der Waals surface area contributed by atoms with Crippen LogP contribution in [-0.4, -0.2) is 45.8 Å². The van der Waals surface area contributed by atoms with Crippen LogP contribution in [-0.2, 0) is 4.74 Å². The number of benzene rings is 1. The smallest absolute Gasteiger partial charge is 0.410 e. The number of rotatable bonds is 4. The molecule has 3 rings (SSSR count). The van der Waals surface area contributed by atoms with Gasteiger partial charge in [-0.15, -0.1) is 11.8 Å². The highest BCUT2D eigenvalue weighted by molar-refractivity contribution is 8.00. The first-order chi connectivity index (χ1) is 11.9. The van der Waals surface area contributed by atoms with E-state index < -0.39 is 3.79 Å². The summed E-state index contributed by atoms with van der Waals surface area (Å²) in [5.74, 6) is 0.857. The van der Waals surface area contributed by atoms with Gasteiger partial charge in [-0.1, -0.05) is 34.8 Å². The zero-order valence-electron chi connectivity index (χ0n) is 13.8. The van der Waals surface area contributed by atoms with Gasteiger partial charge in [-0.05, 0) is 49.9 Å². The van der Waals surface area contributed by atoms with Gasteiger partial charge in [-0.3, -0.25) is 0 Å². The number of ether oxygens (including phenoxy) is 2. The number of piperidine rings is 1. The molecule has 0 radical (unpaired) electrons. The molecule has 138 valence electrons. The molecule has 2 atom stereocenters. The molecule has 2 fully saturated rings. The van der Waals surface area contributed by atoms with E-state index in [1.807, 2.05) is 28.8 Å². The Morgan fingerprint density at radius 3 is 2.32 bits per heavy atom.